The lowest BCUT2D eigenvalue weighted by Gasteiger charge is -2.22. The first-order chi connectivity index (χ1) is 10.2. The summed E-state index contributed by atoms with van der Waals surface area (Å²) in [5.74, 6) is 0.881. The Hall–Kier alpha value is -1.77. The Morgan fingerprint density at radius 1 is 1.19 bits per heavy atom. The number of benzene rings is 1. The van der Waals surface area contributed by atoms with Crippen molar-refractivity contribution in [3.05, 3.63) is 34.9 Å². The molecular formula is C18H23NO2. The summed E-state index contributed by atoms with van der Waals surface area (Å²) in [6, 6.07) is 6.02. The fourth-order valence-corrected chi connectivity index (χ4v) is 3.38. The minimum absolute atomic E-state index is 0.328. The minimum atomic E-state index is 0.328. The molecule has 1 N–H and O–H groups in total. The highest BCUT2D eigenvalue weighted by molar-refractivity contribution is 5.84. The van der Waals surface area contributed by atoms with E-state index in [1.807, 2.05) is 12.1 Å². The zero-order valence-corrected chi connectivity index (χ0v) is 12.9. The maximum absolute atomic E-state index is 10.4. The summed E-state index contributed by atoms with van der Waals surface area (Å²) in [5.41, 5.74) is 3.65. The van der Waals surface area contributed by atoms with Crippen LogP contribution < -0.4 is 5.55 Å². The number of hydrogen-bond donors (Lipinski definition) is 1. The number of aryl methyl sites for hydroxylation is 1. The number of phenols is 1. The van der Waals surface area contributed by atoms with Gasteiger partial charge in [0, 0.05) is 12.6 Å². The van der Waals surface area contributed by atoms with Gasteiger partial charge in [0.05, 0.1) is 5.39 Å². The van der Waals surface area contributed by atoms with Gasteiger partial charge in [-0.25, -0.2) is 0 Å². The van der Waals surface area contributed by atoms with Gasteiger partial charge in [0.2, 0.25) is 5.55 Å². The summed E-state index contributed by atoms with van der Waals surface area (Å²) >= 11 is 0. The van der Waals surface area contributed by atoms with Crippen LogP contribution in [0.3, 0.4) is 0 Å². The van der Waals surface area contributed by atoms with Crippen molar-refractivity contribution in [3.8, 4) is 5.75 Å². The highest BCUT2D eigenvalue weighted by Crippen LogP contribution is 2.36. The van der Waals surface area contributed by atoms with Crippen LogP contribution in [-0.2, 0) is 6.42 Å². The fourth-order valence-electron chi connectivity index (χ4n) is 3.38. The quantitative estimate of drug-likeness (QED) is 0.895. The predicted molar refractivity (Wildman–Crippen MR) is 84.6 cm³/mol. The van der Waals surface area contributed by atoms with Gasteiger partial charge in [-0.1, -0.05) is 26.2 Å². The second-order valence-electron chi connectivity index (χ2n) is 5.94. The molecule has 1 aliphatic carbocycles. The van der Waals surface area contributed by atoms with Gasteiger partial charge in [0.15, 0.2) is 0 Å². The number of hydrogen-bond acceptors (Lipinski definition) is 3. The second-order valence-corrected chi connectivity index (χ2v) is 5.94. The minimum Gasteiger partial charge on any atom is -0.507 e. The molecule has 0 unspecified atom stereocenters. The Balaban J connectivity index is 2.14. The van der Waals surface area contributed by atoms with Crippen LogP contribution in [-0.4, -0.2) is 12.2 Å². The molecule has 0 spiro atoms. The zero-order valence-electron chi connectivity index (χ0n) is 12.9. The number of fused-ring (bicyclic) bond motifs is 1. The third kappa shape index (κ3) is 2.69. The number of rotatable bonds is 2. The Kier molecular flexibility index (Phi) is 4.00. The third-order valence-corrected chi connectivity index (χ3v) is 4.60. The van der Waals surface area contributed by atoms with E-state index in [1.165, 1.54) is 37.7 Å². The number of aromatic hydroxyl groups is 1. The van der Waals surface area contributed by atoms with Crippen molar-refractivity contribution in [3.63, 3.8) is 0 Å². The lowest BCUT2D eigenvalue weighted by molar-refractivity contribution is 0.438. The summed E-state index contributed by atoms with van der Waals surface area (Å²) in [4.78, 5) is 4.22. The first-order valence-electron chi connectivity index (χ1n) is 7.95. The van der Waals surface area contributed by atoms with E-state index in [2.05, 4.69) is 18.0 Å². The van der Waals surface area contributed by atoms with Gasteiger partial charge in [-0.05, 0) is 48.9 Å². The van der Waals surface area contributed by atoms with Gasteiger partial charge < -0.3 is 9.52 Å². The molecule has 3 heteroatoms. The molecule has 0 bridgehead atoms. The van der Waals surface area contributed by atoms with Crippen LogP contribution in [0.25, 0.3) is 11.0 Å². The van der Waals surface area contributed by atoms with Gasteiger partial charge in [-0.15, -0.1) is 0 Å². The number of nitrogens with zero attached hydrogens (tertiary/aromatic N) is 1. The molecule has 3 nitrogen and oxygen atoms in total. The van der Waals surface area contributed by atoms with E-state index in [9.17, 15) is 5.11 Å². The molecule has 0 amide bonds. The van der Waals surface area contributed by atoms with Gasteiger partial charge in [0.25, 0.3) is 0 Å². The molecule has 1 aliphatic rings. The molecule has 1 aromatic heterocycles. The first kappa shape index (κ1) is 14.2. The van der Waals surface area contributed by atoms with E-state index < -0.39 is 0 Å². The van der Waals surface area contributed by atoms with Crippen molar-refractivity contribution < 1.29 is 9.52 Å². The van der Waals surface area contributed by atoms with Gasteiger partial charge >= 0.3 is 0 Å². The van der Waals surface area contributed by atoms with E-state index in [1.54, 1.807) is 7.05 Å². The Morgan fingerprint density at radius 2 is 1.95 bits per heavy atom. The van der Waals surface area contributed by atoms with Crippen molar-refractivity contribution in [2.75, 3.05) is 7.05 Å². The molecule has 1 heterocycles. The average Bonchev–Trinajstić information content (AvgIpc) is 2.54. The van der Waals surface area contributed by atoms with Crippen LogP contribution in [0.2, 0.25) is 0 Å². The molecule has 1 fully saturated rings. The zero-order chi connectivity index (χ0) is 14.8. The molecule has 1 saturated carbocycles. The molecule has 21 heavy (non-hydrogen) atoms. The fraction of sp³-hybridized carbons (Fsp3) is 0.500. The van der Waals surface area contributed by atoms with Crippen LogP contribution in [0.4, 0.5) is 0 Å². The smallest absolute Gasteiger partial charge is 0.217 e. The van der Waals surface area contributed by atoms with Crippen molar-refractivity contribution in [2.45, 2.75) is 51.4 Å². The molecular weight excluding hydrogens is 262 g/mol. The largest absolute Gasteiger partial charge is 0.507 e. The third-order valence-electron chi connectivity index (χ3n) is 4.60. The highest BCUT2D eigenvalue weighted by atomic mass is 16.3. The van der Waals surface area contributed by atoms with Crippen molar-refractivity contribution in [2.24, 2.45) is 4.99 Å². The van der Waals surface area contributed by atoms with Crippen LogP contribution >= 0.6 is 0 Å². The first-order valence-corrected chi connectivity index (χ1v) is 7.95. The summed E-state index contributed by atoms with van der Waals surface area (Å²) < 4.78 is 5.92. The van der Waals surface area contributed by atoms with E-state index in [0.717, 1.165) is 23.0 Å². The molecule has 0 atom stereocenters. The van der Waals surface area contributed by atoms with Crippen molar-refractivity contribution >= 4 is 11.0 Å². The topological polar surface area (TPSA) is 45.7 Å². The molecule has 0 radical (unpaired) electrons. The molecule has 3 rings (SSSR count). The average molecular weight is 285 g/mol. The molecule has 0 saturated heterocycles. The summed E-state index contributed by atoms with van der Waals surface area (Å²) in [5, 5.41) is 11.2. The van der Waals surface area contributed by atoms with Crippen LogP contribution in [0.5, 0.6) is 5.75 Å². The highest BCUT2D eigenvalue weighted by Gasteiger charge is 2.18. The summed E-state index contributed by atoms with van der Waals surface area (Å²) in [7, 11) is 1.74. The van der Waals surface area contributed by atoms with Gasteiger partial charge in [-0.3, -0.25) is 4.99 Å². The second kappa shape index (κ2) is 5.92. The standard InChI is InChI=1S/C18H23NO2/c1-3-12-9-15-16(20)10-14(13-7-5-4-6-8-13)11-17(15)21-18(12)19-2/h9-11,13,20H,3-8H2,1-2H3. The SMILES string of the molecule is CCc1cc2c(O)cc(C3CCCCC3)cc2oc1=NC. The molecule has 2 aromatic rings. The van der Waals surface area contributed by atoms with Crippen molar-refractivity contribution in [1.82, 2.24) is 0 Å². The Bertz CT molecular complexity index is 709. The molecule has 0 aliphatic heterocycles. The van der Waals surface area contributed by atoms with E-state index in [-0.39, 0.29) is 0 Å². The van der Waals surface area contributed by atoms with Gasteiger partial charge in [-0.2, -0.15) is 0 Å². The number of phenolic OH excluding ortho intramolecular Hbond substituents is 1. The Morgan fingerprint density at radius 3 is 2.62 bits per heavy atom. The van der Waals surface area contributed by atoms with Crippen LogP contribution in [0.15, 0.2) is 27.6 Å². The summed E-state index contributed by atoms with van der Waals surface area (Å²) in [6.45, 7) is 2.07. The molecule has 1 aromatic carbocycles. The van der Waals surface area contributed by atoms with E-state index in [4.69, 9.17) is 4.42 Å². The maximum atomic E-state index is 10.4. The van der Waals surface area contributed by atoms with E-state index in [0.29, 0.717) is 17.2 Å². The monoisotopic (exact) mass is 285 g/mol. The van der Waals surface area contributed by atoms with Crippen molar-refractivity contribution in [1.29, 1.82) is 0 Å². The normalized spacial score (nSPS) is 17.5. The molecule has 112 valence electrons. The van der Waals surface area contributed by atoms with Crippen LogP contribution in [0, 0.1) is 0 Å². The lowest BCUT2D eigenvalue weighted by atomic mass is 9.84. The van der Waals surface area contributed by atoms with E-state index >= 15 is 0 Å². The summed E-state index contributed by atoms with van der Waals surface area (Å²) in [6.07, 6.45) is 7.16. The van der Waals surface area contributed by atoms with Crippen LogP contribution in [0.1, 0.15) is 56.1 Å². The Labute approximate surface area is 125 Å². The predicted octanol–water partition coefficient (Wildman–Crippen LogP) is 4.28. The maximum Gasteiger partial charge on any atom is 0.217 e. The van der Waals surface area contributed by atoms with Gasteiger partial charge in [0.1, 0.15) is 11.3 Å². The lowest BCUT2D eigenvalue weighted by Crippen LogP contribution is -2.09.